The van der Waals surface area contributed by atoms with E-state index < -0.39 is 0 Å². The molecule has 1 aliphatic rings. The Bertz CT molecular complexity index is 506. The lowest BCUT2D eigenvalue weighted by molar-refractivity contribution is 0.0601. The van der Waals surface area contributed by atoms with Crippen LogP contribution in [0.5, 0.6) is 0 Å². The van der Waals surface area contributed by atoms with Crippen molar-refractivity contribution in [2.75, 3.05) is 19.0 Å². The number of aryl methyl sites for hydroxylation is 1. The summed E-state index contributed by atoms with van der Waals surface area (Å²) in [6.07, 6.45) is 4.61. The second kappa shape index (κ2) is 5.97. The predicted octanol–water partition coefficient (Wildman–Crippen LogP) is 3.15. The number of benzene rings is 1. The number of halogens is 1. The highest BCUT2D eigenvalue weighted by Gasteiger charge is 2.16. The summed E-state index contributed by atoms with van der Waals surface area (Å²) in [4.78, 5) is 11.7. The van der Waals surface area contributed by atoms with E-state index in [4.69, 9.17) is 21.1 Å². The van der Waals surface area contributed by atoms with Crippen LogP contribution in [0.1, 0.15) is 22.3 Å². The van der Waals surface area contributed by atoms with Gasteiger partial charge in [0.2, 0.25) is 0 Å². The standard InChI is InChI=1S/C14H16ClNO3/c1-9-6-11(14(17)18-2)13(7-12(9)15)16-8-10-4-3-5-19-10/h3,5-7,10,16H,4,8H2,1-2H3. The number of ether oxygens (including phenoxy) is 2. The van der Waals surface area contributed by atoms with Gasteiger partial charge in [-0.25, -0.2) is 4.79 Å². The van der Waals surface area contributed by atoms with Gasteiger partial charge in [-0.3, -0.25) is 0 Å². The summed E-state index contributed by atoms with van der Waals surface area (Å²) in [5.41, 5.74) is 1.99. The number of rotatable bonds is 4. The van der Waals surface area contributed by atoms with E-state index >= 15 is 0 Å². The molecular formula is C14H16ClNO3. The van der Waals surface area contributed by atoms with Gasteiger partial charge in [0.15, 0.2) is 0 Å². The monoisotopic (exact) mass is 281 g/mol. The van der Waals surface area contributed by atoms with Crippen molar-refractivity contribution in [3.05, 3.63) is 40.6 Å². The zero-order valence-corrected chi connectivity index (χ0v) is 11.7. The van der Waals surface area contributed by atoms with Gasteiger partial charge in [0, 0.05) is 11.4 Å². The molecule has 0 aliphatic carbocycles. The van der Waals surface area contributed by atoms with Crippen LogP contribution in [-0.2, 0) is 9.47 Å². The van der Waals surface area contributed by atoms with Gasteiger partial charge in [-0.05, 0) is 30.7 Å². The first-order valence-electron chi connectivity index (χ1n) is 6.04. The van der Waals surface area contributed by atoms with Crippen LogP contribution in [0, 0.1) is 6.92 Å². The first-order valence-corrected chi connectivity index (χ1v) is 6.42. The van der Waals surface area contributed by atoms with Crippen LogP contribution < -0.4 is 5.32 Å². The number of nitrogens with one attached hydrogen (secondary N) is 1. The molecule has 5 heteroatoms. The maximum atomic E-state index is 11.7. The van der Waals surface area contributed by atoms with E-state index in [1.54, 1.807) is 18.4 Å². The number of carbonyl (C=O) groups is 1. The zero-order chi connectivity index (χ0) is 13.8. The van der Waals surface area contributed by atoms with Crippen molar-refractivity contribution in [3.8, 4) is 0 Å². The van der Waals surface area contributed by atoms with Crippen molar-refractivity contribution in [1.82, 2.24) is 0 Å². The first-order chi connectivity index (χ1) is 9.11. The fourth-order valence-corrected chi connectivity index (χ4v) is 2.06. The normalized spacial score (nSPS) is 17.1. The third-order valence-electron chi connectivity index (χ3n) is 2.99. The van der Waals surface area contributed by atoms with Gasteiger partial charge in [0.25, 0.3) is 0 Å². The molecule has 1 aromatic rings. The lowest BCUT2D eigenvalue weighted by Gasteiger charge is -2.16. The molecule has 1 aliphatic heterocycles. The molecule has 1 heterocycles. The maximum Gasteiger partial charge on any atom is 0.339 e. The summed E-state index contributed by atoms with van der Waals surface area (Å²) in [6, 6.07) is 3.47. The lowest BCUT2D eigenvalue weighted by atomic mass is 10.1. The van der Waals surface area contributed by atoms with E-state index in [2.05, 4.69) is 5.32 Å². The Balaban J connectivity index is 2.16. The van der Waals surface area contributed by atoms with Crippen molar-refractivity contribution in [2.24, 2.45) is 0 Å². The van der Waals surface area contributed by atoms with Crippen LogP contribution in [0.3, 0.4) is 0 Å². The second-order valence-electron chi connectivity index (χ2n) is 4.39. The van der Waals surface area contributed by atoms with Crippen LogP contribution in [0.25, 0.3) is 0 Å². The summed E-state index contributed by atoms with van der Waals surface area (Å²) in [5, 5.41) is 3.80. The molecule has 0 bridgehead atoms. The number of anilines is 1. The third kappa shape index (κ3) is 3.20. The molecule has 0 saturated carbocycles. The predicted molar refractivity (Wildman–Crippen MR) is 74.6 cm³/mol. The largest absolute Gasteiger partial charge is 0.496 e. The Labute approximate surface area is 117 Å². The highest BCUT2D eigenvalue weighted by Crippen LogP contribution is 2.26. The molecule has 1 aromatic carbocycles. The number of hydrogen-bond acceptors (Lipinski definition) is 4. The lowest BCUT2D eigenvalue weighted by Crippen LogP contribution is -2.20. The first kappa shape index (κ1) is 13.7. The minimum absolute atomic E-state index is 0.0885. The van der Waals surface area contributed by atoms with E-state index in [9.17, 15) is 4.79 Å². The van der Waals surface area contributed by atoms with Crippen LogP contribution >= 0.6 is 11.6 Å². The topological polar surface area (TPSA) is 47.6 Å². The molecule has 19 heavy (non-hydrogen) atoms. The van der Waals surface area contributed by atoms with Crippen LogP contribution in [-0.4, -0.2) is 25.7 Å². The molecule has 0 radical (unpaired) electrons. The highest BCUT2D eigenvalue weighted by molar-refractivity contribution is 6.31. The maximum absolute atomic E-state index is 11.7. The number of carbonyl (C=O) groups excluding carboxylic acids is 1. The molecule has 0 aromatic heterocycles. The molecule has 102 valence electrons. The second-order valence-corrected chi connectivity index (χ2v) is 4.79. The van der Waals surface area contributed by atoms with Crippen molar-refractivity contribution in [1.29, 1.82) is 0 Å². The minimum atomic E-state index is -0.382. The van der Waals surface area contributed by atoms with Crippen LogP contribution in [0.4, 0.5) is 5.69 Å². The zero-order valence-electron chi connectivity index (χ0n) is 10.9. The number of esters is 1. The molecule has 1 atom stereocenters. The van der Waals surface area contributed by atoms with Crippen molar-refractivity contribution in [3.63, 3.8) is 0 Å². The quantitative estimate of drug-likeness (QED) is 0.861. The fraction of sp³-hybridized carbons (Fsp3) is 0.357. The van der Waals surface area contributed by atoms with Gasteiger partial charge in [0.05, 0.1) is 31.2 Å². The highest BCUT2D eigenvalue weighted by atomic mass is 35.5. The van der Waals surface area contributed by atoms with Crippen LogP contribution in [0.15, 0.2) is 24.5 Å². The molecular weight excluding hydrogens is 266 g/mol. The molecule has 4 nitrogen and oxygen atoms in total. The molecule has 2 rings (SSSR count). The molecule has 0 spiro atoms. The molecule has 0 fully saturated rings. The minimum Gasteiger partial charge on any atom is -0.496 e. The van der Waals surface area contributed by atoms with Gasteiger partial charge < -0.3 is 14.8 Å². The van der Waals surface area contributed by atoms with E-state index in [1.165, 1.54) is 7.11 Å². The fourth-order valence-electron chi connectivity index (χ4n) is 1.89. The van der Waals surface area contributed by atoms with Gasteiger partial charge in [-0.2, -0.15) is 0 Å². The van der Waals surface area contributed by atoms with E-state index in [0.29, 0.717) is 22.8 Å². The Morgan fingerprint density at radius 2 is 2.37 bits per heavy atom. The summed E-state index contributed by atoms with van der Waals surface area (Å²) >= 11 is 6.09. The van der Waals surface area contributed by atoms with Crippen molar-refractivity contribution < 1.29 is 14.3 Å². The Morgan fingerprint density at radius 3 is 3.00 bits per heavy atom. The summed E-state index contributed by atoms with van der Waals surface area (Å²) < 4.78 is 10.1. The van der Waals surface area contributed by atoms with Crippen molar-refractivity contribution in [2.45, 2.75) is 19.4 Å². The smallest absolute Gasteiger partial charge is 0.339 e. The Hall–Kier alpha value is -1.68. The summed E-state index contributed by atoms with van der Waals surface area (Å²) in [5.74, 6) is -0.382. The van der Waals surface area contributed by atoms with Gasteiger partial charge in [-0.15, -0.1) is 0 Å². The third-order valence-corrected chi connectivity index (χ3v) is 3.40. The van der Waals surface area contributed by atoms with Crippen molar-refractivity contribution >= 4 is 23.3 Å². The van der Waals surface area contributed by atoms with E-state index in [0.717, 1.165) is 12.0 Å². The molecule has 0 saturated heterocycles. The average molecular weight is 282 g/mol. The Morgan fingerprint density at radius 1 is 1.58 bits per heavy atom. The molecule has 1 N–H and O–H groups in total. The summed E-state index contributed by atoms with van der Waals surface area (Å²) in [7, 11) is 1.36. The molecule has 0 amide bonds. The van der Waals surface area contributed by atoms with E-state index in [-0.39, 0.29) is 12.1 Å². The van der Waals surface area contributed by atoms with Gasteiger partial charge in [0.1, 0.15) is 6.10 Å². The molecule has 1 unspecified atom stereocenters. The van der Waals surface area contributed by atoms with E-state index in [1.807, 2.05) is 13.0 Å². The number of methoxy groups -OCH3 is 1. The Kier molecular flexibility index (Phi) is 4.32. The van der Waals surface area contributed by atoms with Gasteiger partial charge >= 0.3 is 5.97 Å². The summed E-state index contributed by atoms with van der Waals surface area (Å²) in [6.45, 7) is 2.46. The number of hydrogen-bond donors (Lipinski definition) is 1. The average Bonchev–Trinajstić information content (AvgIpc) is 2.92. The SMILES string of the molecule is COC(=O)c1cc(C)c(Cl)cc1NCC1CC=CO1. The van der Waals surface area contributed by atoms with Crippen LogP contribution in [0.2, 0.25) is 5.02 Å². The van der Waals surface area contributed by atoms with Gasteiger partial charge in [-0.1, -0.05) is 11.6 Å².